The largest absolute Gasteiger partial charge is 0.476 e. The van der Waals surface area contributed by atoms with E-state index in [0.717, 1.165) is 11.3 Å². The third-order valence-corrected chi connectivity index (χ3v) is 2.64. The van der Waals surface area contributed by atoms with Crippen LogP contribution in [-0.4, -0.2) is 18.1 Å². The molecule has 94 valence electrons. The fraction of sp³-hybridized carbons (Fsp3) is 0.462. The summed E-state index contributed by atoms with van der Waals surface area (Å²) in [6.45, 7) is 7.70. The molecule has 0 aromatic rings. The highest BCUT2D eigenvalue weighted by molar-refractivity contribution is 5.87. The van der Waals surface area contributed by atoms with Gasteiger partial charge in [0.25, 0.3) is 5.91 Å². The maximum atomic E-state index is 11.6. The van der Waals surface area contributed by atoms with E-state index >= 15 is 0 Å². The van der Waals surface area contributed by atoms with Crippen molar-refractivity contribution in [3.05, 3.63) is 35.3 Å². The molecule has 4 nitrogen and oxygen atoms in total. The molecule has 3 N–H and O–H groups in total. The minimum Gasteiger partial charge on any atom is -0.476 e. The van der Waals surface area contributed by atoms with Crippen LogP contribution in [0.2, 0.25) is 0 Å². The lowest BCUT2D eigenvalue weighted by molar-refractivity contribution is -0.139. The molecular formula is C13H20N2O2. The van der Waals surface area contributed by atoms with Crippen LogP contribution in [-0.2, 0) is 9.53 Å². The van der Waals surface area contributed by atoms with E-state index in [-0.39, 0.29) is 5.91 Å². The molecule has 1 amide bonds. The number of carbonyl (C=O) groups is 1. The summed E-state index contributed by atoms with van der Waals surface area (Å²) < 4.78 is 5.65. The molecule has 1 rings (SSSR count). The Morgan fingerprint density at radius 2 is 2.18 bits per heavy atom. The quantitative estimate of drug-likeness (QED) is 0.732. The number of nitrogens with one attached hydrogen (secondary N) is 1. The molecular weight excluding hydrogens is 216 g/mol. The molecule has 0 aliphatic carbocycles. The first-order chi connectivity index (χ1) is 7.90. The molecule has 0 saturated carbocycles. The van der Waals surface area contributed by atoms with Crippen molar-refractivity contribution in [1.29, 1.82) is 0 Å². The number of hydrogen-bond donors (Lipinski definition) is 2. The number of allylic oxidation sites excluding steroid dienone is 3. The van der Waals surface area contributed by atoms with Gasteiger partial charge in [0.1, 0.15) is 5.76 Å². The highest BCUT2D eigenvalue weighted by Crippen LogP contribution is 2.23. The fourth-order valence-electron chi connectivity index (χ4n) is 1.40. The van der Waals surface area contributed by atoms with Crippen molar-refractivity contribution in [2.75, 3.05) is 6.54 Å². The van der Waals surface area contributed by atoms with Gasteiger partial charge in [-0.25, -0.2) is 0 Å². The standard InChI is InChI=1S/C13H20N2O2/c1-5-10(8-14)6-7-11-9(2)15-12(16)13(3,4)17-11/h5-7H,8,14H2,1-4H3,(H,15,16)/b7-6-,10-5+. The van der Waals surface area contributed by atoms with Gasteiger partial charge < -0.3 is 15.8 Å². The monoisotopic (exact) mass is 236 g/mol. The van der Waals surface area contributed by atoms with Crippen molar-refractivity contribution in [3.63, 3.8) is 0 Å². The van der Waals surface area contributed by atoms with Gasteiger partial charge in [-0.2, -0.15) is 0 Å². The molecule has 1 heterocycles. The summed E-state index contributed by atoms with van der Waals surface area (Å²) in [6.07, 6.45) is 5.67. The number of ether oxygens (including phenoxy) is 1. The average molecular weight is 236 g/mol. The van der Waals surface area contributed by atoms with E-state index < -0.39 is 5.60 Å². The van der Waals surface area contributed by atoms with E-state index in [1.165, 1.54) is 0 Å². The molecule has 0 atom stereocenters. The van der Waals surface area contributed by atoms with Gasteiger partial charge in [0.05, 0.1) is 5.70 Å². The Balaban J connectivity index is 2.91. The summed E-state index contributed by atoms with van der Waals surface area (Å²) in [6, 6.07) is 0. The second-order valence-electron chi connectivity index (χ2n) is 4.46. The van der Waals surface area contributed by atoms with Gasteiger partial charge in [-0.1, -0.05) is 12.2 Å². The first-order valence-corrected chi connectivity index (χ1v) is 5.65. The van der Waals surface area contributed by atoms with Crippen molar-refractivity contribution in [2.45, 2.75) is 33.3 Å². The maximum absolute atomic E-state index is 11.6. The summed E-state index contributed by atoms with van der Waals surface area (Å²) in [5, 5.41) is 2.79. The van der Waals surface area contributed by atoms with E-state index in [0.29, 0.717) is 12.3 Å². The molecule has 4 heteroatoms. The van der Waals surface area contributed by atoms with Crippen LogP contribution in [0.4, 0.5) is 0 Å². The van der Waals surface area contributed by atoms with Crippen LogP contribution in [0, 0.1) is 0 Å². The topological polar surface area (TPSA) is 64.3 Å². The predicted molar refractivity (Wildman–Crippen MR) is 68.0 cm³/mol. The number of nitrogens with two attached hydrogens (primary N) is 1. The van der Waals surface area contributed by atoms with Gasteiger partial charge in [-0.3, -0.25) is 4.79 Å². The zero-order chi connectivity index (χ0) is 13.1. The third kappa shape index (κ3) is 3.20. The molecule has 0 radical (unpaired) electrons. The predicted octanol–water partition coefficient (Wildman–Crippen LogP) is 1.60. The molecule has 1 aliphatic rings. The van der Waals surface area contributed by atoms with Crippen molar-refractivity contribution in [1.82, 2.24) is 5.32 Å². The number of amides is 1. The first kappa shape index (κ1) is 13.5. The van der Waals surface area contributed by atoms with Crippen LogP contribution in [0.1, 0.15) is 27.7 Å². The van der Waals surface area contributed by atoms with Crippen LogP contribution in [0.5, 0.6) is 0 Å². The maximum Gasteiger partial charge on any atom is 0.267 e. The van der Waals surface area contributed by atoms with E-state index in [4.69, 9.17) is 10.5 Å². The second-order valence-corrected chi connectivity index (χ2v) is 4.46. The van der Waals surface area contributed by atoms with Crippen LogP contribution in [0.15, 0.2) is 35.3 Å². The van der Waals surface area contributed by atoms with Crippen molar-refractivity contribution < 1.29 is 9.53 Å². The van der Waals surface area contributed by atoms with Crippen molar-refractivity contribution in [3.8, 4) is 0 Å². The van der Waals surface area contributed by atoms with Crippen molar-refractivity contribution >= 4 is 5.91 Å². The Labute approximate surface area is 102 Å². The van der Waals surface area contributed by atoms with Crippen LogP contribution in [0.3, 0.4) is 0 Å². The van der Waals surface area contributed by atoms with Crippen LogP contribution < -0.4 is 11.1 Å². The van der Waals surface area contributed by atoms with Gasteiger partial charge in [-0.05, 0) is 39.3 Å². The Morgan fingerprint density at radius 3 is 2.71 bits per heavy atom. The summed E-state index contributed by atoms with van der Waals surface area (Å²) in [7, 11) is 0. The highest BCUT2D eigenvalue weighted by atomic mass is 16.5. The van der Waals surface area contributed by atoms with Gasteiger partial charge in [-0.15, -0.1) is 0 Å². The molecule has 0 aromatic carbocycles. The Morgan fingerprint density at radius 1 is 1.53 bits per heavy atom. The SMILES string of the molecule is C/C=C(\C=C/C1=C(C)NC(=O)C(C)(C)O1)CN. The average Bonchev–Trinajstić information content (AvgIpc) is 2.26. The molecule has 0 fully saturated rings. The lowest BCUT2D eigenvalue weighted by atomic mass is 10.1. The van der Waals surface area contributed by atoms with E-state index in [9.17, 15) is 4.79 Å². The Bertz CT molecular complexity index is 404. The fourth-order valence-corrected chi connectivity index (χ4v) is 1.40. The minimum absolute atomic E-state index is 0.128. The lowest BCUT2D eigenvalue weighted by Crippen LogP contribution is -2.47. The third-order valence-electron chi connectivity index (χ3n) is 2.64. The minimum atomic E-state index is -0.835. The number of hydrogen-bond acceptors (Lipinski definition) is 3. The van der Waals surface area contributed by atoms with Gasteiger partial charge in [0.2, 0.25) is 0 Å². The number of carbonyl (C=O) groups excluding carboxylic acids is 1. The molecule has 0 unspecified atom stereocenters. The summed E-state index contributed by atoms with van der Waals surface area (Å²) in [4.78, 5) is 11.6. The lowest BCUT2D eigenvalue weighted by Gasteiger charge is -2.31. The van der Waals surface area contributed by atoms with Crippen LogP contribution >= 0.6 is 0 Å². The Kier molecular flexibility index (Phi) is 4.12. The zero-order valence-electron chi connectivity index (χ0n) is 10.8. The molecule has 0 bridgehead atoms. The van der Waals surface area contributed by atoms with Crippen LogP contribution in [0.25, 0.3) is 0 Å². The van der Waals surface area contributed by atoms with Gasteiger partial charge in [0, 0.05) is 6.54 Å². The number of rotatable bonds is 3. The smallest absolute Gasteiger partial charge is 0.267 e. The van der Waals surface area contributed by atoms with Crippen molar-refractivity contribution in [2.24, 2.45) is 5.73 Å². The van der Waals surface area contributed by atoms with E-state index in [1.807, 2.05) is 32.1 Å². The molecule has 17 heavy (non-hydrogen) atoms. The summed E-state index contributed by atoms with van der Waals surface area (Å²) in [5.41, 5.74) is 6.47. The van der Waals surface area contributed by atoms with Gasteiger partial charge >= 0.3 is 0 Å². The first-order valence-electron chi connectivity index (χ1n) is 5.65. The Hall–Kier alpha value is -1.55. The van der Waals surface area contributed by atoms with Gasteiger partial charge in [0.15, 0.2) is 5.60 Å². The molecule has 0 saturated heterocycles. The molecule has 0 spiro atoms. The molecule has 0 aromatic heterocycles. The van der Waals surface area contributed by atoms with E-state index in [2.05, 4.69) is 5.32 Å². The summed E-state index contributed by atoms with van der Waals surface area (Å²) >= 11 is 0. The summed E-state index contributed by atoms with van der Waals surface area (Å²) in [5.74, 6) is 0.541. The molecule has 1 aliphatic heterocycles. The highest BCUT2D eigenvalue weighted by Gasteiger charge is 2.34. The normalized spacial score (nSPS) is 20.5. The zero-order valence-corrected chi connectivity index (χ0v) is 10.8. The van der Waals surface area contributed by atoms with E-state index in [1.54, 1.807) is 13.8 Å². The second kappa shape index (κ2) is 5.19.